The standard InChI is InChI=1S/C12H13BrIN3O/c1-7(2)15-6-11-16-17-12(18-11)9-5-8(13)3-4-10(9)14/h3-5,7,15H,6H2,1-2H3. The lowest BCUT2D eigenvalue weighted by Crippen LogP contribution is -2.21. The van der Waals surface area contributed by atoms with Crippen LogP contribution in [0.1, 0.15) is 19.7 Å². The van der Waals surface area contributed by atoms with E-state index in [-0.39, 0.29) is 0 Å². The van der Waals surface area contributed by atoms with E-state index in [4.69, 9.17) is 4.42 Å². The highest BCUT2D eigenvalue weighted by atomic mass is 127. The molecular formula is C12H13BrIN3O. The summed E-state index contributed by atoms with van der Waals surface area (Å²) in [4.78, 5) is 0. The van der Waals surface area contributed by atoms with E-state index in [0.29, 0.717) is 24.4 Å². The third kappa shape index (κ3) is 3.52. The number of rotatable bonds is 4. The lowest BCUT2D eigenvalue weighted by atomic mass is 10.2. The maximum atomic E-state index is 5.65. The molecule has 0 aliphatic carbocycles. The molecule has 1 aromatic heterocycles. The van der Waals surface area contributed by atoms with Gasteiger partial charge in [-0.3, -0.25) is 0 Å². The van der Waals surface area contributed by atoms with Gasteiger partial charge in [0.2, 0.25) is 11.8 Å². The fraction of sp³-hybridized carbons (Fsp3) is 0.333. The highest BCUT2D eigenvalue weighted by molar-refractivity contribution is 14.1. The quantitative estimate of drug-likeness (QED) is 0.766. The summed E-state index contributed by atoms with van der Waals surface area (Å²) < 4.78 is 7.73. The minimum atomic E-state index is 0.395. The van der Waals surface area contributed by atoms with Crippen molar-refractivity contribution < 1.29 is 4.42 Å². The molecule has 2 aromatic rings. The first-order valence-corrected chi connectivity index (χ1v) is 7.44. The Hall–Kier alpha value is -0.470. The molecule has 0 amide bonds. The Bertz CT molecular complexity index is 542. The van der Waals surface area contributed by atoms with Crippen LogP contribution in [0.3, 0.4) is 0 Å². The van der Waals surface area contributed by atoms with E-state index in [1.807, 2.05) is 18.2 Å². The average molecular weight is 422 g/mol. The van der Waals surface area contributed by atoms with Crippen molar-refractivity contribution in [3.8, 4) is 11.5 Å². The Kier molecular flexibility index (Phi) is 4.74. The van der Waals surface area contributed by atoms with Crippen molar-refractivity contribution in [2.24, 2.45) is 0 Å². The van der Waals surface area contributed by atoms with Crippen LogP contribution in [0.15, 0.2) is 27.1 Å². The molecule has 2 rings (SSSR count). The molecule has 0 radical (unpaired) electrons. The molecule has 0 saturated carbocycles. The zero-order valence-electron chi connectivity index (χ0n) is 10.1. The van der Waals surface area contributed by atoms with Gasteiger partial charge in [0.15, 0.2) is 0 Å². The van der Waals surface area contributed by atoms with Crippen molar-refractivity contribution in [3.63, 3.8) is 0 Å². The maximum Gasteiger partial charge on any atom is 0.248 e. The van der Waals surface area contributed by atoms with Crippen LogP contribution in [0.2, 0.25) is 0 Å². The van der Waals surface area contributed by atoms with Crippen LogP contribution in [0.4, 0.5) is 0 Å². The molecule has 0 bridgehead atoms. The van der Waals surface area contributed by atoms with E-state index < -0.39 is 0 Å². The first-order chi connectivity index (χ1) is 8.56. The van der Waals surface area contributed by atoms with Crippen molar-refractivity contribution in [2.75, 3.05) is 0 Å². The summed E-state index contributed by atoms with van der Waals surface area (Å²) in [7, 11) is 0. The van der Waals surface area contributed by atoms with E-state index >= 15 is 0 Å². The molecule has 0 fully saturated rings. The topological polar surface area (TPSA) is 51.0 Å². The number of hydrogen-bond acceptors (Lipinski definition) is 4. The lowest BCUT2D eigenvalue weighted by Gasteiger charge is -2.03. The summed E-state index contributed by atoms with van der Waals surface area (Å²) in [6.45, 7) is 4.75. The van der Waals surface area contributed by atoms with E-state index in [9.17, 15) is 0 Å². The summed E-state index contributed by atoms with van der Waals surface area (Å²) in [5, 5.41) is 11.4. The molecule has 0 unspecified atom stereocenters. The van der Waals surface area contributed by atoms with Crippen molar-refractivity contribution in [1.29, 1.82) is 0 Å². The van der Waals surface area contributed by atoms with Gasteiger partial charge in [-0.25, -0.2) is 0 Å². The third-order valence-corrected chi connectivity index (χ3v) is 3.72. The first-order valence-electron chi connectivity index (χ1n) is 5.57. The molecule has 18 heavy (non-hydrogen) atoms. The second-order valence-corrected chi connectivity index (χ2v) is 6.24. The lowest BCUT2D eigenvalue weighted by molar-refractivity contribution is 0.458. The van der Waals surface area contributed by atoms with Crippen LogP contribution < -0.4 is 5.32 Å². The van der Waals surface area contributed by atoms with Gasteiger partial charge in [-0.15, -0.1) is 10.2 Å². The van der Waals surface area contributed by atoms with E-state index in [0.717, 1.165) is 13.6 Å². The number of nitrogens with zero attached hydrogens (tertiary/aromatic N) is 2. The Morgan fingerprint density at radius 1 is 1.39 bits per heavy atom. The summed E-state index contributed by atoms with van der Waals surface area (Å²) in [6.07, 6.45) is 0. The highest BCUT2D eigenvalue weighted by Gasteiger charge is 2.12. The average Bonchev–Trinajstić information content (AvgIpc) is 2.78. The summed E-state index contributed by atoms with van der Waals surface area (Å²) >= 11 is 5.70. The Balaban J connectivity index is 2.21. The second-order valence-electron chi connectivity index (χ2n) is 4.16. The van der Waals surface area contributed by atoms with Crippen molar-refractivity contribution >= 4 is 38.5 Å². The minimum Gasteiger partial charge on any atom is -0.419 e. The van der Waals surface area contributed by atoms with E-state index in [1.54, 1.807) is 0 Å². The van der Waals surface area contributed by atoms with Crippen LogP contribution in [0.25, 0.3) is 11.5 Å². The fourth-order valence-electron chi connectivity index (χ4n) is 1.39. The maximum absolute atomic E-state index is 5.65. The number of benzene rings is 1. The molecular weight excluding hydrogens is 409 g/mol. The molecule has 0 saturated heterocycles. The molecule has 0 spiro atoms. The van der Waals surface area contributed by atoms with E-state index in [2.05, 4.69) is 67.9 Å². The normalized spacial score (nSPS) is 11.2. The number of hydrogen-bond donors (Lipinski definition) is 1. The monoisotopic (exact) mass is 421 g/mol. The number of nitrogens with one attached hydrogen (secondary N) is 1. The number of aromatic nitrogens is 2. The Labute approximate surface area is 128 Å². The van der Waals surface area contributed by atoms with Crippen LogP contribution in [0.5, 0.6) is 0 Å². The van der Waals surface area contributed by atoms with E-state index in [1.165, 1.54) is 0 Å². The van der Waals surface area contributed by atoms with Crippen LogP contribution in [0, 0.1) is 3.57 Å². The zero-order chi connectivity index (χ0) is 13.1. The van der Waals surface area contributed by atoms with Crippen molar-refractivity contribution in [2.45, 2.75) is 26.4 Å². The molecule has 0 atom stereocenters. The molecule has 0 aliphatic heterocycles. The second kappa shape index (κ2) is 6.12. The van der Waals surface area contributed by atoms with Gasteiger partial charge in [-0.05, 0) is 40.8 Å². The molecule has 4 nitrogen and oxygen atoms in total. The largest absolute Gasteiger partial charge is 0.419 e. The summed E-state index contributed by atoms with van der Waals surface area (Å²) in [5.74, 6) is 1.16. The molecule has 96 valence electrons. The van der Waals surface area contributed by atoms with Crippen LogP contribution >= 0.6 is 38.5 Å². The molecule has 6 heteroatoms. The van der Waals surface area contributed by atoms with Gasteiger partial charge < -0.3 is 9.73 Å². The fourth-order valence-corrected chi connectivity index (χ4v) is 2.31. The number of halogens is 2. The van der Waals surface area contributed by atoms with Crippen molar-refractivity contribution in [1.82, 2.24) is 15.5 Å². The first kappa shape index (κ1) is 14.0. The van der Waals surface area contributed by atoms with Gasteiger partial charge in [0.05, 0.1) is 12.1 Å². The van der Waals surface area contributed by atoms with Crippen LogP contribution in [-0.2, 0) is 6.54 Å². The van der Waals surface area contributed by atoms with Gasteiger partial charge in [0.25, 0.3) is 0 Å². The molecule has 1 N–H and O–H groups in total. The smallest absolute Gasteiger partial charge is 0.248 e. The zero-order valence-corrected chi connectivity index (χ0v) is 13.8. The van der Waals surface area contributed by atoms with Gasteiger partial charge in [-0.1, -0.05) is 29.8 Å². The molecule has 1 heterocycles. The summed E-state index contributed by atoms with van der Waals surface area (Å²) in [5.41, 5.74) is 0.952. The SMILES string of the molecule is CC(C)NCc1nnc(-c2cc(Br)ccc2I)o1. The van der Waals surface area contributed by atoms with Gasteiger partial charge >= 0.3 is 0 Å². The third-order valence-electron chi connectivity index (χ3n) is 2.29. The van der Waals surface area contributed by atoms with Crippen LogP contribution in [-0.4, -0.2) is 16.2 Å². The van der Waals surface area contributed by atoms with Gasteiger partial charge in [0, 0.05) is 14.1 Å². The van der Waals surface area contributed by atoms with Gasteiger partial charge in [-0.2, -0.15) is 0 Å². The molecule has 1 aromatic carbocycles. The highest BCUT2D eigenvalue weighted by Crippen LogP contribution is 2.27. The molecule has 0 aliphatic rings. The Morgan fingerprint density at radius 2 is 2.17 bits per heavy atom. The predicted octanol–water partition coefficient (Wildman–Crippen LogP) is 3.60. The Morgan fingerprint density at radius 3 is 2.89 bits per heavy atom. The van der Waals surface area contributed by atoms with Gasteiger partial charge in [0.1, 0.15) is 0 Å². The minimum absolute atomic E-state index is 0.395. The predicted molar refractivity (Wildman–Crippen MR) is 82.1 cm³/mol. The van der Waals surface area contributed by atoms with Crippen molar-refractivity contribution in [3.05, 3.63) is 32.1 Å². The summed E-state index contributed by atoms with van der Waals surface area (Å²) in [6, 6.07) is 6.37.